The molecule has 4 aliphatic rings. The monoisotopic (exact) mass is 844 g/mol. The number of nitrogens with zero attached hydrogens (tertiary/aromatic N) is 2. The molecule has 0 bridgehead atoms. The van der Waals surface area contributed by atoms with Crippen molar-refractivity contribution in [2.75, 3.05) is 13.1 Å². The van der Waals surface area contributed by atoms with Crippen LogP contribution in [-0.2, 0) is 0 Å². The van der Waals surface area contributed by atoms with Crippen LogP contribution in [0.25, 0.3) is 0 Å². The van der Waals surface area contributed by atoms with E-state index in [0.717, 1.165) is 0 Å². The van der Waals surface area contributed by atoms with E-state index in [1.54, 1.807) is 17.0 Å². The molecule has 41 heavy (non-hydrogen) atoms. The highest BCUT2D eigenvalue weighted by Crippen LogP contribution is 2.63. The first kappa shape index (κ1) is 29.8. The Labute approximate surface area is 271 Å². The fourth-order valence-corrected chi connectivity index (χ4v) is 8.88. The molecule has 1 spiro atoms. The lowest BCUT2D eigenvalue weighted by Crippen LogP contribution is -2.63. The van der Waals surface area contributed by atoms with Gasteiger partial charge in [0.2, 0.25) is 0 Å². The third-order valence-corrected chi connectivity index (χ3v) is 12.7. The van der Waals surface area contributed by atoms with Gasteiger partial charge in [0.25, 0.3) is 11.8 Å². The minimum absolute atomic E-state index is 0.00730. The van der Waals surface area contributed by atoms with Gasteiger partial charge in [0.05, 0.1) is 23.5 Å². The van der Waals surface area contributed by atoms with Gasteiger partial charge in [-0.1, -0.05) is 0 Å². The number of nitrogens with two attached hydrogens (primary N) is 2. The third-order valence-electron chi connectivity index (χ3n) is 8.44. The quantitative estimate of drug-likeness (QED) is 0.179. The highest BCUT2D eigenvalue weighted by atomic mass is 79.9. The van der Waals surface area contributed by atoms with Gasteiger partial charge in [-0.2, -0.15) is 0 Å². The summed E-state index contributed by atoms with van der Waals surface area (Å²) in [5.41, 5.74) is 9.92. The third kappa shape index (κ3) is 4.35. The van der Waals surface area contributed by atoms with Gasteiger partial charge in [-0.3, -0.25) is 20.2 Å². The molecule has 2 aromatic heterocycles. The van der Waals surface area contributed by atoms with E-state index in [1.165, 1.54) is 0 Å². The summed E-state index contributed by atoms with van der Waals surface area (Å²) in [6.07, 6.45) is -3.05. The van der Waals surface area contributed by atoms with Crippen LogP contribution in [0.2, 0.25) is 0 Å². The van der Waals surface area contributed by atoms with E-state index < -0.39 is 64.9 Å². The zero-order chi connectivity index (χ0) is 29.6. The van der Waals surface area contributed by atoms with Gasteiger partial charge < -0.3 is 47.2 Å². The molecule has 3 aliphatic heterocycles. The summed E-state index contributed by atoms with van der Waals surface area (Å²) in [4.78, 5) is 37.9. The highest BCUT2D eigenvalue weighted by Gasteiger charge is 2.81. The fourth-order valence-electron chi connectivity index (χ4n) is 6.94. The zero-order valence-corrected chi connectivity index (χ0v) is 27.9. The Bertz CT molecular complexity index is 1420. The van der Waals surface area contributed by atoms with Gasteiger partial charge in [-0.15, -0.1) is 11.6 Å². The number of nitrogens with one attached hydrogen (secondary N) is 6. The van der Waals surface area contributed by atoms with Crippen molar-refractivity contribution in [2.24, 2.45) is 34.2 Å². The number of aliphatic hydroxyl groups excluding tert-OH is 1. The zero-order valence-electron chi connectivity index (χ0n) is 20.8. The van der Waals surface area contributed by atoms with Crippen LogP contribution in [0.1, 0.15) is 21.0 Å². The lowest BCUT2D eigenvalue weighted by Gasteiger charge is -2.40. The van der Waals surface area contributed by atoms with Crippen molar-refractivity contribution in [3.63, 3.8) is 0 Å². The number of carbonyl (C=O) groups is 2. The van der Waals surface area contributed by atoms with E-state index in [4.69, 9.17) is 23.1 Å². The normalized spacial score (nSPS) is 37.1. The number of aromatic nitrogens is 2. The number of fused-ring (bicyclic) bond motifs is 3. The summed E-state index contributed by atoms with van der Waals surface area (Å²) in [7, 11) is 0. The van der Waals surface area contributed by atoms with Crippen LogP contribution in [-0.4, -0.2) is 91.3 Å². The number of hydrogen-bond donors (Lipinski definition) is 10. The van der Waals surface area contributed by atoms with Gasteiger partial charge in [-0.25, -0.2) is 4.99 Å². The number of aliphatic imine (C=N–C) groups is 1. The first-order chi connectivity index (χ1) is 19.3. The van der Waals surface area contributed by atoms with Crippen LogP contribution in [0.15, 0.2) is 35.3 Å². The first-order valence-electron chi connectivity index (χ1n) is 12.4. The van der Waals surface area contributed by atoms with E-state index in [1.807, 2.05) is 0 Å². The number of carbonyl (C=O) groups excluding carboxylic acids is 2. The van der Waals surface area contributed by atoms with Crippen molar-refractivity contribution in [1.82, 2.24) is 36.1 Å². The Morgan fingerprint density at radius 1 is 1.05 bits per heavy atom. The second-order valence-electron chi connectivity index (χ2n) is 10.5. The minimum atomic E-state index is -1.71. The molecule has 2 aromatic rings. The van der Waals surface area contributed by atoms with Crippen molar-refractivity contribution >= 4 is 93.1 Å². The van der Waals surface area contributed by atoms with E-state index in [0.29, 0.717) is 29.5 Å². The molecule has 2 amide bonds. The molecule has 3 fully saturated rings. The molecular weight excluding hydrogens is 823 g/mol. The molecule has 222 valence electrons. The molecule has 1 unspecified atom stereocenters. The first-order valence-corrected chi connectivity index (χ1v) is 16.0. The summed E-state index contributed by atoms with van der Waals surface area (Å²) >= 11 is 20.6. The van der Waals surface area contributed by atoms with Crippen molar-refractivity contribution < 1.29 is 19.8 Å². The van der Waals surface area contributed by atoms with E-state index in [-0.39, 0.29) is 19.0 Å². The predicted octanol–water partition coefficient (Wildman–Crippen LogP) is 0.173. The summed E-state index contributed by atoms with van der Waals surface area (Å²) in [6.45, 7) is 0.0929. The Morgan fingerprint density at radius 3 is 2.10 bits per heavy atom. The van der Waals surface area contributed by atoms with E-state index in [2.05, 4.69) is 99.9 Å². The highest BCUT2D eigenvalue weighted by molar-refractivity contribution is 9.13. The molecule has 14 nitrogen and oxygen atoms in total. The van der Waals surface area contributed by atoms with Crippen molar-refractivity contribution in [3.8, 4) is 0 Å². The molecule has 1 aliphatic carbocycles. The molecule has 0 radical (unpaired) electrons. The van der Waals surface area contributed by atoms with Gasteiger partial charge in [0, 0.05) is 24.9 Å². The molecule has 6 rings (SSSR count). The number of aliphatic hydroxyl groups is 2. The van der Waals surface area contributed by atoms with Crippen LogP contribution in [0.4, 0.5) is 0 Å². The van der Waals surface area contributed by atoms with Crippen molar-refractivity contribution in [2.45, 2.75) is 35.3 Å². The van der Waals surface area contributed by atoms with Gasteiger partial charge in [0.1, 0.15) is 29.4 Å². The second-order valence-corrected chi connectivity index (χ2v) is 14.2. The molecular formula is C22H25Br4ClN10O4. The Kier molecular flexibility index (Phi) is 7.60. The largest absolute Gasteiger partial charge is 0.372 e. The average molecular weight is 849 g/mol. The molecule has 2 saturated heterocycles. The summed E-state index contributed by atoms with van der Waals surface area (Å²) < 4.78 is 2.56. The Hall–Kier alpha value is -1.22. The van der Waals surface area contributed by atoms with Gasteiger partial charge in [0.15, 0.2) is 17.9 Å². The minimum Gasteiger partial charge on any atom is -0.372 e. The Morgan fingerprint density at radius 2 is 1.59 bits per heavy atom. The molecule has 12 N–H and O–H groups in total. The lowest BCUT2D eigenvalue weighted by atomic mass is 9.77. The van der Waals surface area contributed by atoms with Crippen LogP contribution < -0.4 is 32.7 Å². The van der Waals surface area contributed by atoms with Crippen molar-refractivity contribution in [1.29, 1.82) is 0 Å². The Balaban J connectivity index is 1.35. The van der Waals surface area contributed by atoms with E-state index >= 15 is 0 Å². The average Bonchev–Trinajstić information content (AvgIpc) is 3.67. The molecule has 9 atom stereocenters. The lowest BCUT2D eigenvalue weighted by molar-refractivity contribution is -0.0630. The summed E-state index contributed by atoms with van der Waals surface area (Å²) in [6, 6.07) is 3.26. The number of guanidine groups is 1. The standard InChI is InChI=1S/C22H25Br4ClN10O4/c23-7-1-9(32-13(7)25)15(38)30-3-5-6(4-31-16(39)10-2-8(24)14(26)33-10)12(27)21-11(5)22(41)17(34-19(28)36-22)37(21)20(29)35-18(21)40/h1-2,5-6,11-12,17-19,32-34,36,40-41H,3-4,28H2,(H2,29,35)(H,30,38)(H,31,39)/t5-,6-,11+,12+,17-,18+,19?,21+,22-/m0/s1. The maximum atomic E-state index is 13.1. The number of hydrogen-bond acceptors (Lipinski definition) is 10. The fraction of sp³-hybridized carbons (Fsp3) is 0.500. The van der Waals surface area contributed by atoms with Crippen LogP contribution in [0.3, 0.4) is 0 Å². The molecule has 0 aromatic carbocycles. The van der Waals surface area contributed by atoms with Crippen LogP contribution in [0.5, 0.6) is 0 Å². The molecule has 5 heterocycles. The van der Waals surface area contributed by atoms with E-state index in [9.17, 15) is 19.8 Å². The van der Waals surface area contributed by atoms with Crippen LogP contribution >= 0.6 is 75.3 Å². The van der Waals surface area contributed by atoms with Gasteiger partial charge in [-0.05, 0) is 81.8 Å². The number of amides is 2. The number of alkyl halides is 1. The maximum Gasteiger partial charge on any atom is 0.267 e. The van der Waals surface area contributed by atoms with Crippen LogP contribution in [0, 0.1) is 17.8 Å². The SMILES string of the molecule is NC1=N[C@H](O)[C@]23[C@H](Cl)[C@@H](CNC(=O)c4cc(Br)c(Br)[nH]4)[C@H](CNC(=O)c4cc(Br)c(Br)[nH]4)[C@H]2[C@@]2(O)NC(N)N[C@H]2N13. The molecule has 1 saturated carbocycles. The maximum absolute atomic E-state index is 13.1. The number of H-pyrrole nitrogens is 2. The molecule has 19 heteroatoms. The summed E-state index contributed by atoms with van der Waals surface area (Å²) in [5, 5.41) is 34.5. The number of aromatic amines is 2. The summed E-state index contributed by atoms with van der Waals surface area (Å²) in [5.74, 6) is -2.77. The van der Waals surface area contributed by atoms with Crippen molar-refractivity contribution in [3.05, 3.63) is 41.7 Å². The number of halogens is 5. The number of rotatable bonds is 6. The van der Waals surface area contributed by atoms with Gasteiger partial charge >= 0.3 is 0 Å². The topological polar surface area (TPSA) is 222 Å². The second kappa shape index (κ2) is 10.4. The predicted molar refractivity (Wildman–Crippen MR) is 162 cm³/mol. The smallest absolute Gasteiger partial charge is 0.267 e.